The van der Waals surface area contributed by atoms with Gasteiger partial charge in [0.25, 0.3) is 0 Å². The first kappa shape index (κ1) is 15.5. The molecule has 0 saturated carbocycles. The number of anilines is 1. The molecule has 20 heavy (non-hydrogen) atoms. The summed E-state index contributed by atoms with van der Waals surface area (Å²) in [4.78, 5) is 14.4. The standard InChI is InChI=1S/C16H23BrN2O/c1-13-7-8-15(14(17)11-13)18-16(20)12-19-9-5-3-2-4-6-10-19/h7-8,11H,2-6,9-10,12H2,1H3,(H,18,20). The molecule has 1 N–H and O–H groups in total. The van der Waals surface area contributed by atoms with Crippen LogP contribution in [0.4, 0.5) is 5.69 Å². The molecule has 1 heterocycles. The molecule has 110 valence electrons. The van der Waals surface area contributed by atoms with Crippen molar-refractivity contribution in [3.8, 4) is 0 Å². The number of likely N-dealkylation sites (tertiary alicyclic amines) is 1. The monoisotopic (exact) mass is 338 g/mol. The van der Waals surface area contributed by atoms with Crippen molar-refractivity contribution >= 4 is 27.5 Å². The number of nitrogens with zero attached hydrogens (tertiary/aromatic N) is 1. The molecule has 0 bridgehead atoms. The first-order valence-corrected chi connectivity index (χ1v) is 8.23. The number of halogens is 1. The number of hydrogen-bond donors (Lipinski definition) is 1. The molecule has 1 aliphatic heterocycles. The van der Waals surface area contributed by atoms with E-state index in [1.54, 1.807) is 0 Å². The van der Waals surface area contributed by atoms with Crippen LogP contribution in [0.15, 0.2) is 22.7 Å². The average molecular weight is 339 g/mol. The van der Waals surface area contributed by atoms with Gasteiger partial charge in [-0.1, -0.05) is 25.3 Å². The Morgan fingerprint density at radius 2 is 1.85 bits per heavy atom. The van der Waals surface area contributed by atoms with Gasteiger partial charge in [0.05, 0.1) is 12.2 Å². The van der Waals surface area contributed by atoms with E-state index in [0.29, 0.717) is 6.54 Å². The second kappa shape index (κ2) is 7.79. The summed E-state index contributed by atoms with van der Waals surface area (Å²) in [6.45, 7) is 4.63. The summed E-state index contributed by atoms with van der Waals surface area (Å²) in [5.41, 5.74) is 2.03. The van der Waals surface area contributed by atoms with Crippen LogP contribution in [-0.2, 0) is 4.79 Å². The van der Waals surface area contributed by atoms with Crippen molar-refractivity contribution < 1.29 is 4.79 Å². The van der Waals surface area contributed by atoms with Gasteiger partial charge in [-0.25, -0.2) is 0 Å². The van der Waals surface area contributed by atoms with Gasteiger partial charge in [-0.15, -0.1) is 0 Å². The minimum Gasteiger partial charge on any atom is -0.324 e. The molecule has 0 aliphatic carbocycles. The maximum Gasteiger partial charge on any atom is 0.238 e. The van der Waals surface area contributed by atoms with Gasteiger partial charge >= 0.3 is 0 Å². The van der Waals surface area contributed by atoms with Gasteiger partial charge in [0.1, 0.15) is 0 Å². The largest absolute Gasteiger partial charge is 0.324 e. The Morgan fingerprint density at radius 1 is 1.20 bits per heavy atom. The van der Waals surface area contributed by atoms with E-state index in [0.717, 1.165) is 23.2 Å². The summed E-state index contributed by atoms with van der Waals surface area (Å²) in [5, 5.41) is 2.99. The number of hydrogen-bond acceptors (Lipinski definition) is 2. The van der Waals surface area contributed by atoms with Gasteiger partial charge in [-0.3, -0.25) is 9.69 Å². The fraction of sp³-hybridized carbons (Fsp3) is 0.562. The minimum absolute atomic E-state index is 0.0788. The second-order valence-corrected chi connectivity index (χ2v) is 6.43. The van der Waals surface area contributed by atoms with Gasteiger partial charge in [0.15, 0.2) is 0 Å². The lowest BCUT2D eigenvalue weighted by Gasteiger charge is -2.23. The van der Waals surface area contributed by atoms with E-state index in [1.807, 2.05) is 25.1 Å². The van der Waals surface area contributed by atoms with Crippen molar-refractivity contribution in [3.63, 3.8) is 0 Å². The van der Waals surface area contributed by atoms with Gasteiger partial charge in [0.2, 0.25) is 5.91 Å². The summed E-state index contributed by atoms with van der Waals surface area (Å²) in [6, 6.07) is 5.98. The van der Waals surface area contributed by atoms with E-state index >= 15 is 0 Å². The summed E-state index contributed by atoms with van der Waals surface area (Å²) >= 11 is 3.50. The van der Waals surface area contributed by atoms with Gasteiger partial charge < -0.3 is 5.32 Å². The molecule has 1 saturated heterocycles. The third-order valence-electron chi connectivity index (χ3n) is 3.71. The summed E-state index contributed by atoms with van der Waals surface area (Å²) in [6.07, 6.45) is 6.35. The third kappa shape index (κ3) is 4.91. The van der Waals surface area contributed by atoms with E-state index in [-0.39, 0.29) is 5.91 Å². The van der Waals surface area contributed by atoms with Crippen molar-refractivity contribution in [2.24, 2.45) is 0 Å². The molecule has 1 amide bonds. The van der Waals surface area contributed by atoms with Crippen LogP contribution in [0.2, 0.25) is 0 Å². The molecule has 0 unspecified atom stereocenters. The van der Waals surface area contributed by atoms with Gasteiger partial charge in [-0.05, 0) is 66.5 Å². The molecule has 0 spiro atoms. The number of carbonyl (C=O) groups is 1. The minimum atomic E-state index is 0.0788. The van der Waals surface area contributed by atoms with Crippen LogP contribution in [0.3, 0.4) is 0 Å². The Labute approximate surface area is 129 Å². The Morgan fingerprint density at radius 3 is 2.50 bits per heavy atom. The first-order valence-electron chi connectivity index (χ1n) is 7.43. The van der Waals surface area contributed by atoms with Crippen molar-refractivity contribution in [1.29, 1.82) is 0 Å². The van der Waals surface area contributed by atoms with Crippen molar-refractivity contribution in [2.45, 2.75) is 39.0 Å². The number of benzene rings is 1. The van der Waals surface area contributed by atoms with Crippen LogP contribution < -0.4 is 5.32 Å². The Kier molecular flexibility index (Phi) is 6.05. The van der Waals surface area contributed by atoms with Crippen LogP contribution in [0.5, 0.6) is 0 Å². The molecule has 1 aromatic carbocycles. The molecule has 1 aliphatic rings. The molecule has 1 aromatic rings. The van der Waals surface area contributed by atoms with E-state index in [4.69, 9.17) is 0 Å². The first-order chi connectivity index (χ1) is 9.65. The zero-order chi connectivity index (χ0) is 14.4. The zero-order valence-corrected chi connectivity index (χ0v) is 13.7. The normalized spacial score (nSPS) is 17.3. The van der Waals surface area contributed by atoms with E-state index in [2.05, 4.69) is 26.1 Å². The number of nitrogens with one attached hydrogen (secondary N) is 1. The summed E-state index contributed by atoms with van der Waals surface area (Å²) in [5.74, 6) is 0.0788. The van der Waals surface area contributed by atoms with E-state index < -0.39 is 0 Å². The highest BCUT2D eigenvalue weighted by atomic mass is 79.9. The lowest BCUT2D eigenvalue weighted by Crippen LogP contribution is -2.35. The Bertz CT molecular complexity index is 454. The average Bonchev–Trinajstić information content (AvgIpc) is 2.36. The predicted octanol–water partition coefficient (Wildman–Crippen LogP) is 3.96. The summed E-state index contributed by atoms with van der Waals surface area (Å²) < 4.78 is 0.943. The van der Waals surface area contributed by atoms with E-state index in [1.165, 1.54) is 37.7 Å². The SMILES string of the molecule is Cc1ccc(NC(=O)CN2CCCCCCC2)c(Br)c1. The molecular weight excluding hydrogens is 316 g/mol. The predicted molar refractivity (Wildman–Crippen MR) is 87.0 cm³/mol. The maximum atomic E-state index is 12.1. The third-order valence-corrected chi connectivity index (χ3v) is 4.37. The highest BCUT2D eigenvalue weighted by Gasteiger charge is 2.13. The number of aryl methyl sites for hydroxylation is 1. The van der Waals surface area contributed by atoms with Crippen molar-refractivity contribution in [2.75, 3.05) is 25.0 Å². The zero-order valence-electron chi connectivity index (χ0n) is 12.1. The maximum absolute atomic E-state index is 12.1. The smallest absolute Gasteiger partial charge is 0.238 e. The molecular formula is C16H23BrN2O. The topological polar surface area (TPSA) is 32.3 Å². The highest BCUT2D eigenvalue weighted by molar-refractivity contribution is 9.10. The highest BCUT2D eigenvalue weighted by Crippen LogP contribution is 2.23. The van der Waals surface area contributed by atoms with Crippen LogP contribution in [0.25, 0.3) is 0 Å². The fourth-order valence-electron chi connectivity index (χ4n) is 2.59. The molecule has 3 nitrogen and oxygen atoms in total. The molecule has 0 atom stereocenters. The molecule has 2 rings (SSSR count). The molecule has 0 aromatic heterocycles. The fourth-order valence-corrected chi connectivity index (χ4v) is 3.18. The lowest BCUT2D eigenvalue weighted by molar-refractivity contribution is -0.117. The second-order valence-electron chi connectivity index (χ2n) is 5.58. The molecule has 0 radical (unpaired) electrons. The molecule has 1 fully saturated rings. The van der Waals surface area contributed by atoms with Crippen LogP contribution in [0, 0.1) is 6.92 Å². The van der Waals surface area contributed by atoms with Crippen molar-refractivity contribution in [3.05, 3.63) is 28.2 Å². The summed E-state index contributed by atoms with van der Waals surface area (Å²) in [7, 11) is 0. The van der Waals surface area contributed by atoms with Crippen molar-refractivity contribution in [1.82, 2.24) is 4.90 Å². The lowest BCUT2D eigenvalue weighted by atomic mass is 10.1. The Hall–Kier alpha value is -0.870. The molecule has 4 heteroatoms. The number of amides is 1. The van der Waals surface area contributed by atoms with Gasteiger partial charge in [0, 0.05) is 4.47 Å². The van der Waals surface area contributed by atoms with Gasteiger partial charge in [-0.2, -0.15) is 0 Å². The van der Waals surface area contributed by atoms with Crippen LogP contribution >= 0.6 is 15.9 Å². The number of rotatable bonds is 3. The van der Waals surface area contributed by atoms with Crippen LogP contribution in [-0.4, -0.2) is 30.4 Å². The van der Waals surface area contributed by atoms with E-state index in [9.17, 15) is 4.79 Å². The Balaban J connectivity index is 1.87. The number of carbonyl (C=O) groups excluding carboxylic acids is 1. The quantitative estimate of drug-likeness (QED) is 0.904. The van der Waals surface area contributed by atoms with Crippen LogP contribution in [0.1, 0.15) is 37.7 Å².